The van der Waals surface area contributed by atoms with Crippen LogP contribution < -0.4 is 0 Å². The van der Waals surface area contributed by atoms with E-state index in [1.807, 2.05) is 16.8 Å². The molecule has 2 heterocycles. The average molecular weight is 235 g/mol. The van der Waals surface area contributed by atoms with Gasteiger partial charge in [-0.1, -0.05) is 13.3 Å². The number of ether oxygens (including phenoxy) is 1. The third kappa shape index (κ3) is 2.74. The molecule has 0 bridgehead atoms. The minimum absolute atomic E-state index is 0.423. The van der Waals surface area contributed by atoms with E-state index in [9.17, 15) is 0 Å². The molecule has 0 unspecified atom stereocenters. The van der Waals surface area contributed by atoms with Crippen molar-refractivity contribution in [2.75, 3.05) is 7.11 Å². The molecule has 5 heteroatoms. The molecular formula is C12H17N3O2. The molecule has 0 aliphatic rings. The molecule has 0 N–H and O–H groups in total. The van der Waals surface area contributed by atoms with Crippen molar-refractivity contribution < 1.29 is 9.15 Å². The Labute approximate surface area is 100 Å². The average Bonchev–Trinajstić information content (AvgIpc) is 2.95. The molecule has 0 saturated heterocycles. The lowest BCUT2D eigenvalue weighted by Crippen LogP contribution is -2.02. The summed E-state index contributed by atoms with van der Waals surface area (Å²) in [5, 5.41) is 4.41. The largest absolute Gasteiger partial charge is 0.461 e. The minimum atomic E-state index is 0.423. The second-order valence-electron chi connectivity index (χ2n) is 3.84. The SMILES string of the molecule is CCCCn1nc(COC)nc1-c1ccco1. The van der Waals surface area contributed by atoms with E-state index < -0.39 is 0 Å². The summed E-state index contributed by atoms with van der Waals surface area (Å²) in [5.74, 6) is 2.21. The second-order valence-corrected chi connectivity index (χ2v) is 3.84. The molecule has 2 rings (SSSR count). The van der Waals surface area contributed by atoms with E-state index in [2.05, 4.69) is 17.0 Å². The van der Waals surface area contributed by atoms with Crippen LogP contribution in [0.2, 0.25) is 0 Å². The summed E-state index contributed by atoms with van der Waals surface area (Å²) in [6.45, 7) is 3.43. The highest BCUT2D eigenvalue weighted by Gasteiger charge is 2.13. The third-order valence-electron chi connectivity index (χ3n) is 2.45. The molecular weight excluding hydrogens is 218 g/mol. The lowest BCUT2D eigenvalue weighted by molar-refractivity contribution is 0.177. The molecule has 0 atom stereocenters. The van der Waals surface area contributed by atoms with E-state index in [4.69, 9.17) is 9.15 Å². The molecule has 0 amide bonds. The molecule has 17 heavy (non-hydrogen) atoms. The molecule has 2 aromatic rings. The van der Waals surface area contributed by atoms with Crippen molar-refractivity contribution in [2.24, 2.45) is 0 Å². The number of unbranched alkanes of at least 4 members (excludes halogenated alkanes) is 1. The van der Waals surface area contributed by atoms with Crippen LogP contribution in [0.25, 0.3) is 11.6 Å². The quantitative estimate of drug-likeness (QED) is 0.771. The molecule has 2 aromatic heterocycles. The van der Waals surface area contributed by atoms with Gasteiger partial charge in [-0.15, -0.1) is 0 Å². The van der Waals surface area contributed by atoms with Gasteiger partial charge < -0.3 is 9.15 Å². The summed E-state index contributed by atoms with van der Waals surface area (Å²) >= 11 is 0. The van der Waals surface area contributed by atoms with Crippen LogP contribution in [0.5, 0.6) is 0 Å². The third-order valence-corrected chi connectivity index (χ3v) is 2.45. The predicted molar refractivity (Wildman–Crippen MR) is 63.3 cm³/mol. The standard InChI is InChI=1S/C12H17N3O2/c1-3-4-7-15-12(10-6-5-8-17-10)13-11(14-15)9-16-2/h5-6,8H,3-4,7,9H2,1-2H3. The Morgan fingerprint density at radius 1 is 1.47 bits per heavy atom. The second kappa shape index (κ2) is 5.63. The number of aromatic nitrogens is 3. The maximum atomic E-state index is 5.37. The van der Waals surface area contributed by atoms with Crippen molar-refractivity contribution in [3.05, 3.63) is 24.2 Å². The van der Waals surface area contributed by atoms with Crippen molar-refractivity contribution in [3.8, 4) is 11.6 Å². The van der Waals surface area contributed by atoms with E-state index in [0.29, 0.717) is 12.4 Å². The first kappa shape index (κ1) is 11.9. The van der Waals surface area contributed by atoms with E-state index in [1.54, 1.807) is 13.4 Å². The van der Waals surface area contributed by atoms with Gasteiger partial charge in [0.25, 0.3) is 0 Å². The van der Waals surface area contributed by atoms with E-state index in [1.165, 1.54) is 0 Å². The van der Waals surface area contributed by atoms with Gasteiger partial charge >= 0.3 is 0 Å². The van der Waals surface area contributed by atoms with Crippen LogP contribution in [0.1, 0.15) is 25.6 Å². The summed E-state index contributed by atoms with van der Waals surface area (Å²) < 4.78 is 12.3. The van der Waals surface area contributed by atoms with Crippen molar-refractivity contribution in [3.63, 3.8) is 0 Å². The Bertz CT molecular complexity index is 448. The van der Waals surface area contributed by atoms with Gasteiger partial charge in [0.05, 0.1) is 6.26 Å². The van der Waals surface area contributed by atoms with Gasteiger partial charge in [0.1, 0.15) is 6.61 Å². The van der Waals surface area contributed by atoms with Crippen molar-refractivity contribution in [1.82, 2.24) is 14.8 Å². The Morgan fingerprint density at radius 2 is 2.35 bits per heavy atom. The van der Waals surface area contributed by atoms with Gasteiger partial charge in [-0.05, 0) is 18.6 Å². The van der Waals surface area contributed by atoms with Crippen molar-refractivity contribution >= 4 is 0 Å². The molecule has 92 valence electrons. The van der Waals surface area contributed by atoms with Crippen LogP contribution in [0, 0.1) is 0 Å². The smallest absolute Gasteiger partial charge is 0.194 e. The maximum absolute atomic E-state index is 5.37. The zero-order valence-electron chi connectivity index (χ0n) is 10.2. The number of aryl methyl sites for hydroxylation is 1. The Balaban J connectivity index is 2.27. The number of hydrogen-bond acceptors (Lipinski definition) is 4. The number of hydrogen-bond donors (Lipinski definition) is 0. The lowest BCUT2D eigenvalue weighted by Gasteiger charge is -2.01. The molecule has 0 aromatic carbocycles. The first-order chi connectivity index (χ1) is 8.35. The Hall–Kier alpha value is -1.62. The summed E-state index contributed by atoms with van der Waals surface area (Å²) in [7, 11) is 1.64. The van der Waals surface area contributed by atoms with Crippen LogP contribution in [0.3, 0.4) is 0 Å². The molecule has 0 radical (unpaired) electrons. The Kier molecular flexibility index (Phi) is 3.93. The number of rotatable bonds is 6. The molecule has 5 nitrogen and oxygen atoms in total. The van der Waals surface area contributed by atoms with Crippen LogP contribution >= 0.6 is 0 Å². The Morgan fingerprint density at radius 3 is 3.00 bits per heavy atom. The first-order valence-electron chi connectivity index (χ1n) is 5.81. The predicted octanol–water partition coefficient (Wildman–Crippen LogP) is 2.48. The lowest BCUT2D eigenvalue weighted by atomic mass is 10.3. The molecule has 0 aliphatic heterocycles. The van der Waals surface area contributed by atoms with Crippen LogP contribution in [-0.4, -0.2) is 21.9 Å². The van der Waals surface area contributed by atoms with Gasteiger partial charge in [-0.25, -0.2) is 9.67 Å². The number of methoxy groups -OCH3 is 1. The van der Waals surface area contributed by atoms with Crippen LogP contribution in [0.4, 0.5) is 0 Å². The van der Waals surface area contributed by atoms with Crippen LogP contribution in [0.15, 0.2) is 22.8 Å². The minimum Gasteiger partial charge on any atom is -0.461 e. The van der Waals surface area contributed by atoms with Crippen molar-refractivity contribution in [2.45, 2.75) is 32.9 Å². The maximum Gasteiger partial charge on any atom is 0.194 e. The molecule has 0 fully saturated rings. The highest BCUT2D eigenvalue weighted by Crippen LogP contribution is 2.18. The summed E-state index contributed by atoms with van der Waals surface area (Å²) in [5.41, 5.74) is 0. The highest BCUT2D eigenvalue weighted by molar-refractivity contribution is 5.46. The van der Waals surface area contributed by atoms with Gasteiger partial charge in [0.2, 0.25) is 0 Å². The highest BCUT2D eigenvalue weighted by atomic mass is 16.5. The number of furan rings is 1. The summed E-state index contributed by atoms with van der Waals surface area (Å²) in [6, 6.07) is 3.74. The van der Waals surface area contributed by atoms with Gasteiger partial charge in [0, 0.05) is 13.7 Å². The summed E-state index contributed by atoms with van der Waals surface area (Å²) in [6.07, 6.45) is 3.84. The number of nitrogens with zero attached hydrogens (tertiary/aromatic N) is 3. The fourth-order valence-electron chi connectivity index (χ4n) is 1.63. The van der Waals surface area contributed by atoms with Gasteiger partial charge in [-0.3, -0.25) is 0 Å². The fourth-order valence-corrected chi connectivity index (χ4v) is 1.63. The zero-order valence-corrected chi connectivity index (χ0v) is 10.2. The zero-order chi connectivity index (χ0) is 12.1. The topological polar surface area (TPSA) is 53.1 Å². The van der Waals surface area contributed by atoms with Crippen LogP contribution in [-0.2, 0) is 17.9 Å². The fraction of sp³-hybridized carbons (Fsp3) is 0.500. The van der Waals surface area contributed by atoms with E-state index in [-0.39, 0.29) is 0 Å². The first-order valence-corrected chi connectivity index (χ1v) is 5.81. The van der Waals surface area contributed by atoms with Gasteiger partial charge in [0.15, 0.2) is 17.4 Å². The molecule has 0 spiro atoms. The van der Waals surface area contributed by atoms with E-state index >= 15 is 0 Å². The van der Waals surface area contributed by atoms with Crippen molar-refractivity contribution in [1.29, 1.82) is 0 Å². The van der Waals surface area contributed by atoms with Gasteiger partial charge in [-0.2, -0.15) is 5.10 Å². The normalized spacial score (nSPS) is 10.9. The monoisotopic (exact) mass is 235 g/mol. The summed E-state index contributed by atoms with van der Waals surface area (Å²) in [4.78, 5) is 4.43. The molecule has 0 saturated carbocycles. The molecule has 0 aliphatic carbocycles. The van der Waals surface area contributed by atoms with E-state index in [0.717, 1.165) is 31.0 Å².